The summed E-state index contributed by atoms with van der Waals surface area (Å²) < 4.78 is 64.4. The molecule has 11 N–H and O–H groups in total. The number of nitrogens with one attached hydrogen (secondary N) is 3. The first kappa shape index (κ1) is 59.6. The molecule has 29 heteroatoms. The molecule has 2 aromatic carbocycles. The molecule has 0 spiro atoms. The van der Waals surface area contributed by atoms with Crippen molar-refractivity contribution in [3.8, 4) is 18.1 Å². The molecule has 0 saturated carbocycles. The van der Waals surface area contributed by atoms with Crippen LogP contribution >= 0.6 is 0 Å². The second-order valence-electron chi connectivity index (χ2n) is 18.2. The van der Waals surface area contributed by atoms with E-state index in [1.807, 2.05) is 0 Å². The number of rotatable bonds is 27. The number of fused-ring (bicyclic) bond motifs is 1. The van der Waals surface area contributed by atoms with Gasteiger partial charge in [0, 0.05) is 48.2 Å². The van der Waals surface area contributed by atoms with Crippen LogP contribution in [-0.2, 0) is 68.7 Å². The molecule has 0 unspecified atom stereocenters. The quantitative estimate of drug-likeness (QED) is 0.00979. The van der Waals surface area contributed by atoms with Gasteiger partial charge >= 0.3 is 16.3 Å². The Balaban J connectivity index is 0.00000903. The number of anilines is 3. The predicted octanol–water partition coefficient (Wildman–Crippen LogP) is -2.39. The van der Waals surface area contributed by atoms with Crippen molar-refractivity contribution in [2.75, 3.05) is 70.0 Å². The number of terminal acetylenes is 1. The van der Waals surface area contributed by atoms with Crippen LogP contribution in [-0.4, -0.2) is 191 Å². The Bertz CT molecular complexity index is 3070. The van der Waals surface area contributed by atoms with Gasteiger partial charge in [0.15, 0.2) is 6.10 Å². The lowest BCUT2D eigenvalue weighted by Gasteiger charge is -2.38. The molecule has 0 bridgehead atoms. The first-order valence-electron chi connectivity index (χ1n) is 24.3. The van der Waals surface area contributed by atoms with Gasteiger partial charge in [-0.05, 0) is 42.0 Å². The van der Waals surface area contributed by atoms with Gasteiger partial charge in [-0.2, -0.15) is 8.42 Å². The number of aliphatic carboxylic acids is 1. The van der Waals surface area contributed by atoms with E-state index in [-0.39, 0.29) is 103 Å². The first-order chi connectivity index (χ1) is 37.3. The van der Waals surface area contributed by atoms with Gasteiger partial charge in [-0.15, -0.1) is 6.42 Å². The summed E-state index contributed by atoms with van der Waals surface area (Å²) in [6.45, 7) is 0.342. The Hall–Kier alpha value is -7.02. The molecule has 8 rings (SSSR count). The second kappa shape index (κ2) is 26.3. The lowest BCUT2D eigenvalue weighted by Crippen LogP contribution is -2.61. The van der Waals surface area contributed by atoms with E-state index < -0.39 is 89.9 Å². The van der Waals surface area contributed by atoms with Gasteiger partial charge in [-0.3, -0.25) is 28.3 Å². The number of hydrogen-bond donors (Lipinski definition) is 10. The summed E-state index contributed by atoms with van der Waals surface area (Å²) in [7, 11) is -4.45. The number of likely N-dealkylation sites (tertiary alicyclic amines) is 1. The minimum atomic E-state index is -4.45. The molecule has 2 saturated heterocycles. The van der Waals surface area contributed by atoms with Crippen LogP contribution in [0, 0.1) is 19.8 Å². The van der Waals surface area contributed by atoms with Gasteiger partial charge in [0.05, 0.1) is 71.2 Å². The highest BCUT2D eigenvalue weighted by atomic mass is 32.2. The zero-order valence-electron chi connectivity index (χ0n) is 42.4. The monoisotopic (exact) mass is 1120 g/mol. The summed E-state index contributed by atoms with van der Waals surface area (Å²) in [6, 6.07) is 12.9. The summed E-state index contributed by atoms with van der Waals surface area (Å²) in [5.74, 6) is -0.540. The fourth-order valence-electron chi connectivity index (χ4n) is 8.67. The minimum absolute atomic E-state index is 0. The molecule has 4 amide bonds. The molecule has 5 heterocycles. The molecule has 3 aliphatic heterocycles. The fourth-order valence-corrected chi connectivity index (χ4v) is 8.99. The van der Waals surface area contributed by atoms with Gasteiger partial charge in [0.2, 0.25) is 42.1 Å². The van der Waals surface area contributed by atoms with E-state index in [9.17, 15) is 63.0 Å². The standard InChI is InChI=1S/C49H56N8O20S.CH3/c1-2-26-4-3-5-28(20-26)53-43-29-9-12-56(47-40(63)37(60)34(75-47)24-74-78(50,69)70)44(29)55(25-52-43)23-27-6-7-33(76-49-41(64)38(61)39(62)42(77-49)48(67)68)32(21-27)54-36(59)8-11-51-35(58)10-14-71-16-18-73-19-17-72-15-13-57-45(65)30-22-31(30)46(57)66;/h1,3-7,9,12,20-21,25,34,37-42,47,49,60-64H,8,10-11,13-19,22-24H2,(H5,50,51,54,58,59,67,68,69,70);1H3/q;-1/p+1/t34-,37-,38+,39+,40-,41-,42+,47-,49-;/m1./s1. The van der Waals surface area contributed by atoms with E-state index in [1.165, 1.54) is 34.0 Å². The van der Waals surface area contributed by atoms with Crippen molar-refractivity contribution < 1.29 is 100 Å². The highest BCUT2D eigenvalue weighted by Crippen LogP contribution is 2.40. The van der Waals surface area contributed by atoms with Gasteiger partial charge in [0.1, 0.15) is 47.8 Å². The normalized spacial score (nSPS) is 23.5. The maximum absolute atomic E-state index is 13.5. The second-order valence-corrected chi connectivity index (χ2v) is 19.4. The molecule has 79 heavy (non-hydrogen) atoms. The number of aromatic nitrogens is 3. The molecule has 4 aliphatic rings. The summed E-state index contributed by atoms with van der Waals surface area (Å²) in [4.78, 5) is 67.8. The molecule has 2 aromatic heterocycles. The van der Waals surface area contributed by atoms with Crippen LogP contribution in [0.5, 0.6) is 5.75 Å². The van der Waals surface area contributed by atoms with Crippen molar-refractivity contribution in [3.05, 3.63) is 90.8 Å². The average molecular weight is 1130 g/mol. The van der Waals surface area contributed by atoms with Crippen LogP contribution in [0.1, 0.15) is 36.6 Å². The number of aliphatic hydroxyl groups excluding tert-OH is 5. The summed E-state index contributed by atoms with van der Waals surface area (Å²) >= 11 is 0. The van der Waals surface area contributed by atoms with E-state index in [1.54, 1.807) is 41.1 Å². The van der Waals surface area contributed by atoms with Crippen LogP contribution in [0.3, 0.4) is 0 Å². The number of carbonyl (C=O) groups excluding carboxylic acids is 4. The molecule has 28 nitrogen and oxygen atoms in total. The Morgan fingerprint density at radius 3 is 2.27 bits per heavy atom. The maximum Gasteiger partial charge on any atom is 0.335 e. The lowest BCUT2D eigenvalue weighted by atomic mass is 9.99. The van der Waals surface area contributed by atoms with E-state index in [0.29, 0.717) is 51.2 Å². The first-order valence-corrected chi connectivity index (χ1v) is 25.8. The number of ether oxygens (including phenoxy) is 6. The van der Waals surface area contributed by atoms with E-state index in [4.69, 9.17) is 40.0 Å². The predicted molar refractivity (Wildman–Crippen MR) is 271 cm³/mol. The van der Waals surface area contributed by atoms with Gasteiger partial charge < -0.3 is 82.4 Å². The van der Waals surface area contributed by atoms with E-state index in [0.717, 1.165) is 0 Å². The van der Waals surface area contributed by atoms with Gasteiger partial charge in [0.25, 0.3) is 11.8 Å². The Morgan fingerprint density at radius 2 is 1.57 bits per heavy atom. The highest BCUT2D eigenvalue weighted by molar-refractivity contribution is 7.84. The molecule has 426 valence electrons. The number of carboxylic acids is 1. The minimum Gasteiger partial charge on any atom is -0.479 e. The SMILES string of the molecule is C#Cc1cccc(Nc2nc[n+](Cc3ccc(O[C@@H]4O[C@H](C(=O)O)[C@@H](O)[C@H](O)[C@H]4O)c(NC(=O)CCNC(=O)CCOCCOCCOCCN4C(=O)C5=C(C5)C4=O)c3)c3c2ccn3[C@@H]2O[C@H](COS(N)(=O)=O)[C@@H](O)[C@H]2O)c1.[CH3-]. The van der Waals surface area contributed by atoms with Crippen molar-refractivity contribution in [2.24, 2.45) is 5.14 Å². The third-order valence-electron chi connectivity index (χ3n) is 12.7. The largest absolute Gasteiger partial charge is 0.479 e. The van der Waals surface area contributed by atoms with Crippen molar-refractivity contribution in [1.82, 2.24) is 19.8 Å². The van der Waals surface area contributed by atoms with E-state index in [2.05, 4.69) is 31.0 Å². The Kier molecular flexibility index (Phi) is 19.8. The number of carboxylic acid groups (broad SMARTS) is 1. The number of amides is 4. The van der Waals surface area contributed by atoms with Crippen molar-refractivity contribution in [3.63, 3.8) is 0 Å². The average Bonchev–Trinajstić information content (AvgIpc) is 4.02. The Morgan fingerprint density at radius 1 is 0.861 bits per heavy atom. The third-order valence-corrected chi connectivity index (χ3v) is 13.2. The van der Waals surface area contributed by atoms with Crippen molar-refractivity contribution in [2.45, 2.75) is 81.1 Å². The molecule has 4 aromatic rings. The van der Waals surface area contributed by atoms with Crippen LogP contribution in [0.4, 0.5) is 17.2 Å². The fraction of sp³-hybridized carbons (Fsp3) is 0.440. The highest BCUT2D eigenvalue weighted by Gasteiger charge is 2.50. The number of benzene rings is 2. The zero-order valence-corrected chi connectivity index (χ0v) is 43.2. The number of piperidine rings is 1. The lowest BCUT2D eigenvalue weighted by molar-refractivity contribution is -0.668. The molecule has 2 fully saturated rings. The van der Waals surface area contributed by atoms with Gasteiger partial charge in [-0.1, -0.05) is 23.0 Å². The Labute approximate surface area is 451 Å². The maximum atomic E-state index is 13.5. The number of aliphatic hydroxyl groups is 5. The third kappa shape index (κ3) is 14.6. The van der Waals surface area contributed by atoms with Gasteiger partial charge in [-0.25, -0.2) is 19.1 Å². The number of hydrogen-bond acceptors (Lipinski definition) is 21. The molecule has 0 radical (unpaired) electrons. The molecule has 9 atom stereocenters. The van der Waals surface area contributed by atoms with Crippen LogP contribution in [0.25, 0.3) is 11.0 Å². The van der Waals surface area contributed by atoms with Crippen molar-refractivity contribution in [1.29, 1.82) is 0 Å². The smallest absolute Gasteiger partial charge is 0.335 e. The number of nitrogens with zero attached hydrogens (tertiary/aromatic N) is 4. The number of carbonyl (C=O) groups is 5. The molecule has 1 aliphatic carbocycles. The molecular formula is C50H60N8O20S. The summed E-state index contributed by atoms with van der Waals surface area (Å²) in [6.07, 6.45) is -7.02. The topological polar surface area (TPSA) is 393 Å². The number of imide groups is 1. The molecular weight excluding hydrogens is 1060 g/mol. The summed E-state index contributed by atoms with van der Waals surface area (Å²) in [5.41, 5.74) is 3.02. The van der Waals surface area contributed by atoms with Crippen LogP contribution in [0.2, 0.25) is 0 Å². The number of nitrogens with two attached hydrogens (primary N) is 1. The van der Waals surface area contributed by atoms with E-state index >= 15 is 0 Å². The zero-order chi connectivity index (χ0) is 55.8. The summed E-state index contributed by atoms with van der Waals surface area (Å²) in [5, 5.41) is 77.4. The van der Waals surface area contributed by atoms with Crippen LogP contribution in [0.15, 0.2) is 72.2 Å². The van der Waals surface area contributed by atoms with Crippen LogP contribution < -0.4 is 30.4 Å². The van der Waals surface area contributed by atoms with Crippen molar-refractivity contribution >= 4 is 68.1 Å².